The van der Waals surface area contributed by atoms with Crippen LogP contribution in [0, 0.1) is 11.6 Å². The second kappa shape index (κ2) is 9.75. The van der Waals surface area contributed by atoms with E-state index in [1.54, 1.807) is 0 Å². The molecule has 1 aromatic heterocycles. The third-order valence-electron chi connectivity index (χ3n) is 5.45. The number of hydrogen-bond acceptors (Lipinski definition) is 4. The molecule has 2 heterocycles. The van der Waals surface area contributed by atoms with E-state index in [9.17, 15) is 28.6 Å². The van der Waals surface area contributed by atoms with Gasteiger partial charge in [-0.25, -0.2) is 13.6 Å². The molecule has 0 fully saturated rings. The van der Waals surface area contributed by atoms with Gasteiger partial charge in [0.15, 0.2) is 11.6 Å². The molecule has 1 aliphatic heterocycles. The number of rotatable bonds is 9. The molecule has 3 rings (SSSR count). The zero-order valence-corrected chi connectivity index (χ0v) is 17.6. The Morgan fingerprint density at radius 3 is 2.53 bits per heavy atom. The topological polar surface area (TPSA) is 79.5 Å². The molecule has 1 aliphatic rings. The van der Waals surface area contributed by atoms with Gasteiger partial charge in [0.1, 0.15) is 6.04 Å². The molecular weight excluding hydrogens is 412 g/mol. The molecule has 162 valence electrons. The van der Waals surface area contributed by atoms with E-state index < -0.39 is 35.8 Å². The Morgan fingerprint density at radius 1 is 1.17 bits per heavy atom. The standard InChI is InChI=1S/C22H25F2NO4S/c1-2-3-4-5-6-7-14-15(11-26)20(27)25-18(22(28)29)12-30-21(25)19(14)13-8-9-16(23)17(24)10-13/h8-10,18,26H,2-7,11-12H2,1H3,(H,28,29)/t18-/m0/s1. The molecule has 0 radical (unpaired) electrons. The normalized spacial score (nSPS) is 15.4. The Kier molecular flexibility index (Phi) is 7.31. The lowest BCUT2D eigenvalue weighted by molar-refractivity contribution is -0.140. The van der Waals surface area contributed by atoms with Gasteiger partial charge in [-0.1, -0.05) is 38.7 Å². The van der Waals surface area contributed by atoms with E-state index in [4.69, 9.17) is 0 Å². The quantitative estimate of drug-likeness (QED) is 0.564. The minimum Gasteiger partial charge on any atom is -0.480 e. The number of carbonyl (C=O) groups is 1. The fourth-order valence-corrected chi connectivity index (χ4v) is 5.24. The van der Waals surface area contributed by atoms with Gasteiger partial charge in [0, 0.05) is 16.9 Å². The van der Waals surface area contributed by atoms with Crippen LogP contribution in [-0.2, 0) is 17.8 Å². The molecule has 1 atom stereocenters. The lowest BCUT2D eigenvalue weighted by Crippen LogP contribution is -2.32. The average molecular weight is 438 g/mol. The summed E-state index contributed by atoms with van der Waals surface area (Å²) in [6.07, 6.45) is 5.46. The third-order valence-corrected chi connectivity index (χ3v) is 6.60. The van der Waals surface area contributed by atoms with Crippen molar-refractivity contribution >= 4 is 17.7 Å². The fraction of sp³-hybridized carbons (Fsp3) is 0.455. The van der Waals surface area contributed by atoms with E-state index in [1.165, 1.54) is 22.4 Å². The number of aliphatic hydroxyl groups excluding tert-OH is 1. The van der Waals surface area contributed by atoms with Gasteiger partial charge in [-0.15, -0.1) is 11.8 Å². The van der Waals surface area contributed by atoms with Crippen molar-refractivity contribution in [2.24, 2.45) is 0 Å². The number of benzene rings is 1. The molecule has 0 saturated carbocycles. The molecule has 2 aromatic rings. The van der Waals surface area contributed by atoms with Crippen LogP contribution < -0.4 is 5.56 Å². The van der Waals surface area contributed by atoms with Crippen molar-refractivity contribution in [3.05, 3.63) is 51.3 Å². The molecule has 1 aromatic carbocycles. The summed E-state index contributed by atoms with van der Waals surface area (Å²) < 4.78 is 28.7. The van der Waals surface area contributed by atoms with Crippen LogP contribution in [0.4, 0.5) is 8.78 Å². The van der Waals surface area contributed by atoms with Crippen molar-refractivity contribution in [3.63, 3.8) is 0 Å². The highest BCUT2D eigenvalue weighted by Crippen LogP contribution is 2.42. The van der Waals surface area contributed by atoms with Crippen molar-refractivity contribution in [1.82, 2.24) is 4.57 Å². The Bertz CT molecular complexity index is 1010. The minimum absolute atomic E-state index is 0.128. The smallest absolute Gasteiger partial charge is 0.327 e. The van der Waals surface area contributed by atoms with Crippen LogP contribution in [0.2, 0.25) is 0 Å². The van der Waals surface area contributed by atoms with Gasteiger partial charge in [0.25, 0.3) is 5.56 Å². The van der Waals surface area contributed by atoms with E-state index in [0.717, 1.165) is 44.2 Å². The fourth-order valence-electron chi connectivity index (χ4n) is 3.90. The van der Waals surface area contributed by atoms with Crippen LogP contribution in [0.5, 0.6) is 0 Å². The number of carboxylic acid groups (broad SMARTS) is 1. The Labute approximate surface area is 177 Å². The molecule has 0 bridgehead atoms. The summed E-state index contributed by atoms with van der Waals surface area (Å²) in [4.78, 5) is 24.7. The highest BCUT2D eigenvalue weighted by atomic mass is 32.2. The summed E-state index contributed by atoms with van der Waals surface area (Å²) >= 11 is 1.21. The molecule has 5 nitrogen and oxygen atoms in total. The van der Waals surface area contributed by atoms with Gasteiger partial charge < -0.3 is 10.2 Å². The zero-order valence-electron chi connectivity index (χ0n) is 16.8. The molecular formula is C22H25F2NO4S. The third kappa shape index (κ3) is 4.30. The number of nitrogens with zero attached hydrogens (tertiary/aromatic N) is 1. The van der Waals surface area contributed by atoms with Crippen LogP contribution in [0.25, 0.3) is 11.1 Å². The van der Waals surface area contributed by atoms with Gasteiger partial charge in [-0.3, -0.25) is 9.36 Å². The number of pyridine rings is 1. The number of halogens is 2. The summed E-state index contributed by atoms with van der Waals surface area (Å²) in [5, 5.41) is 19.9. The van der Waals surface area contributed by atoms with Crippen molar-refractivity contribution in [1.29, 1.82) is 0 Å². The molecule has 0 amide bonds. The summed E-state index contributed by atoms with van der Waals surface area (Å²) in [5.41, 5.74) is 1.08. The first-order valence-electron chi connectivity index (χ1n) is 10.1. The van der Waals surface area contributed by atoms with Crippen molar-refractivity contribution in [3.8, 4) is 11.1 Å². The van der Waals surface area contributed by atoms with Crippen LogP contribution >= 0.6 is 11.8 Å². The van der Waals surface area contributed by atoms with E-state index in [1.807, 2.05) is 0 Å². The first-order chi connectivity index (χ1) is 14.4. The zero-order chi connectivity index (χ0) is 21.8. The first-order valence-corrected chi connectivity index (χ1v) is 11.1. The van der Waals surface area contributed by atoms with Crippen LogP contribution in [-0.4, -0.2) is 26.5 Å². The number of aromatic nitrogens is 1. The number of hydrogen-bond donors (Lipinski definition) is 2. The van der Waals surface area contributed by atoms with Gasteiger partial charge in [-0.05, 0) is 36.1 Å². The molecule has 0 aliphatic carbocycles. The lowest BCUT2D eigenvalue weighted by atomic mass is 9.93. The predicted molar refractivity (Wildman–Crippen MR) is 112 cm³/mol. The Morgan fingerprint density at radius 2 is 1.90 bits per heavy atom. The van der Waals surface area contributed by atoms with Gasteiger partial charge in [-0.2, -0.15) is 0 Å². The minimum atomic E-state index is -1.14. The number of aliphatic carboxylic acids is 1. The number of thioether (sulfide) groups is 1. The van der Waals surface area contributed by atoms with Crippen LogP contribution in [0.3, 0.4) is 0 Å². The van der Waals surface area contributed by atoms with Gasteiger partial charge >= 0.3 is 5.97 Å². The number of unbranched alkanes of at least 4 members (excludes halogenated alkanes) is 4. The number of fused-ring (bicyclic) bond motifs is 1. The van der Waals surface area contributed by atoms with Gasteiger partial charge in [0.2, 0.25) is 0 Å². The van der Waals surface area contributed by atoms with E-state index in [0.29, 0.717) is 28.1 Å². The summed E-state index contributed by atoms with van der Waals surface area (Å²) in [5.74, 6) is -2.99. The largest absolute Gasteiger partial charge is 0.480 e. The highest BCUT2D eigenvalue weighted by Gasteiger charge is 2.35. The lowest BCUT2D eigenvalue weighted by Gasteiger charge is -2.20. The molecule has 0 unspecified atom stereocenters. The van der Waals surface area contributed by atoms with E-state index in [-0.39, 0.29) is 11.3 Å². The molecule has 8 heteroatoms. The summed E-state index contributed by atoms with van der Waals surface area (Å²) in [6, 6.07) is 2.44. The maximum Gasteiger partial charge on any atom is 0.327 e. The second-order valence-corrected chi connectivity index (χ2v) is 8.44. The highest BCUT2D eigenvalue weighted by molar-refractivity contribution is 7.99. The predicted octanol–water partition coefficient (Wildman–Crippen LogP) is 4.53. The Balaban J connectivity index is 2.19. The molecule has 2 N–H and O–H groups in total. The Hall–Kier alpha value is -2.19. The number of carboxylic acids is 1. The van der Waals surface area contributed by atoms with Crippen LogP contribution in [0.15, 0.2) is 28.0 Å². The van der Waals surface area contributed by atoms with Crippen LogP contribution in [0.1, 0.15) is 56.2 Å². The van der Waals surface area contributed by atoms with E-state index in [2.05, 4.69) is 6.92 Å². The first kappa shape index (κ1) is 22.5. The second-order valence-electron chi connectivity index (χ2n) is 7.43. The van der Waals surface area contributed by atoms with E-state index >= 15 is 0 Å². The van der Waals surface area contributed by atoms with Crippen molar-refractivity contribution in [2.45, 2.75) is 63.1 Å². The average Bonchev–Trinajstić information content (AvgIpc) is 3.16. The molecule has 30 heavy (non-hydrogen) atoms. The molecule has 0 saturated heterocycles. The van der Waals surface area contributed by atoms with Gasteiger partial charge in [0.05, 0.1) is 11.6 Å². The summed E-state index contributed by atoms with van der Waals surface area (Å²) in [7, 11) is 0. The maximum atomic E-state index is 14.0. The maximum absolute atomic E-state index is 14.0. The van der Waals surface area contributed by atoms with Crippen molar-refractivity contribution < 1.29 is 23.8 Å². The number of aliphatic hydroxyl groups is 1. The SMILES string of the molecule is CCCCCCCc1c(-c2ccc(F)c(F)c2)c2n(c(=O)c1CO)[C@H](C(=O)O)CS2. The summed E-state index contributed by atoms with van der Waals surface area (Å²) in [6.45, 7) is 1.57. The monoisotopic (exact) mass is 437 g/mol. The molecule has 0 spiro atoms. The van der Waals surface area contributed by atoms with Crippen molar-refractivity contribution in [2.75, 3.05) is 5.75 Å².